The molecule has 0 spiro atoms. The van der Waals surface area contributed by atoms with Gasteiger partial charge < -0.3 is 10.8 Å². The van der Waals surface area contributed by atoms with Crippen molar-refractivity contribution in [1.29, 1.82) is 0 Å². The number of nitro benzene ring substituents is 1. The third kappa shape index (κ3) is 2.80. The zero-order chi connectivity index (χ0) is 11.4. The van der Waals surface area contributed by atoms with Crippen LogP contribution in [0.2, 0.25) is 0 Å². The standard InChI is InChI=1S/C9H8N2O4/c10-7-3-1-6(2-4-9(12)13)5-8(7)11(14)15/h1-5H,10H2,(H,12,13)/b4-2-. The predicted molar refractivity (Wildman–Crippen MR) is 54.2 cm³/mol. The van der Waals surface area contributed by atoms with Crippen LogP contribution in [0, 0.1) is 10.1 Å². The van der Waals surface area contributed by atoms with Gasteiger partial charge in [-0.25, -0.2) is 4.79 Å². The maximum absolute atomic E-state index is 10.5. The summed E-state index contributed by atoms with van der Waals surface area (Å²) in [5, 5.41) is 18.9. The number of nitrogens with zero attached hydrogens (tertiary/aromatic N) is 1. The number of aliphatic carboxylic acids is 1. The van der Waals surface area contributed by atoms with E-state index in [1.165, 1.54) is 24.3 Å². The largest absolute Gasteiger partial charge is 0.478 e. The van der Waals surface area contributed by atoms with Gasteiger partial charge in [-0.1, -0.05) is 6.07 Å². The Morgan fingerprint density at radius 1 is 1.53 bits per heavy atom. The van der Waals surface area contributed by atoms with E-state index >= 15 is 0 Å². The fourth-order valence-corrected chi connectivity index (χ4v) is 0.990. The number of nitro groups is 1. The van der Waals surface area contributed by atoms with E-state index in [9.17, 15) is 14.9 Å². The van der Waals surface area contributed by atoms with E-state index in [1.54, 1.807) is 0 Å². The molecule has 0 aliphatic carbocycles. The number of hydrogen-bond acceptors (Lipinski definition) is 4. The maximum Gasteiger partial charge on any atom is 0.328 e. The number of nitrogens with two attached hydrogens (primary N) is 1. The van der Waals surface area contributed by atoms with Crippen molar-refractivity contribution in [2.24, 2.45) is 0 Å². The lowest BCUT2D eigenvalue weighted by molar-refractivity contribution is -0.383. The van der Waals surface area contributed by atoms with Crippen molar-refractivity contribution in [2.75, 3.05) is 5.73 Å². The van der Waals surface area contributed by atoms with Crippen molar-refractivity contribution in [1.82, 2.24) is 0 Å². The quantitative estimate of drug-likeness (QED) is 0.336. The van der Waals surface area contributed by atoms with Crippen LogP contribution < -0.4 is 5.73 Å². The number of carboxylic acid groups (broad SMARTS) is 1. The average molecular weight is 208 g/mol. The summed E-state index contributed by atoms with van der Waals surface area (Å²) in [5.41, 5.74) is 5.59. The first-order valence-electron chi connectivity index (χ1n) is 3.95. The molecule has 0 bridgehead atoms. The zero-order valence-electron chi connectivity index (χ0n) is 7.58. The zero-order valence-corrected chi connectivity index (χ0v) is 7.58. The molecule has 1 aromatic rings. The summed E-state index contributed by atoms with van der Waals surface area (Å²) in [6, 6.07) is 4.08. The number of carboxylic acids is 1. The normalized spacial score (nSPS) is 10.4. The molecule has 0 radical (unpaired) electrons. The number of anilines is 1. The molecule has 0 heterocycles. The summed E-state index contributed by atoms with van der Waals surface area (Å²) in [7, 11) is 0. The number of hydrogen-bond donors (Lipinski definition) is 2. The first-order valence-corrected chi connectivity index (χ1v) is 3.95. The molecule has 15 heavy (non-hydrogen) atoms. The van der Waals surface area contributed by atoms with Crippen LogP contribution >= 0.6 is 0 Å². The molecule has 78 valence electrons. The number of rotatable bonds is 3. The molecule has 0 aromatic heterocycles. The molecule has 0 unspecified atom stereocenters. The van der Waals surface area contributed by atoms with Gasteiger partial charge in [-0.05, 0) is 17.7 Å². The van der Waals surface area contributed by atoms with Gasteiger partial charge in [-0.2, -0.15) is 0 Å². The van der Waals surface area contributed by atoms with Crippen molar-refractivity contribution in [3.63, 3.8) is 0 Å². The van der Waals surface area contributed by atoms with E-state index in [4.69, 9.17) is 10.8 Å². The van der Waals surface area contributed by atoms with Crippen LogP contribution in [0.3, 0.4) is 0 Å². The van der Waals surface area contributed by atoms with Crippen LogP contribution in [-0.4, -0.2) is 16.0 Å². The number of nitrogen functional groups attached to an aromatic ring is 1. The van der Waals surface area contributed by atoms with Crippen LogP contribution in [0.5, 0.6) is 0 Å². The molecule has 3 N–H and O–H groups in total. The Hall–Kier alpha value is -2.37. The van der Waals surface area contributed by atoms with E-state index in [0.29, 0.717) is 5.56 Å². The minimum Gasteiger partial charge on any atom is -0.478 e. The highest BCUT2D eigenvalue weighted by Crippen LogP contribution is 2.22. The molecule has 6 heteroatoms. The second-order valence-electron chi connectivity index (χ2n) is 2.75. The minimum atomic E-state index is -1.12. The highest BCUT2D eigenvalue weighted by atomic mass is 16.6. The van der Waals surface area contributed by atoms with E-state index in [0.717, 1.165) is 6.08 Å². The van der Waals surface area contributed by atoms with Gasteiger partial charge in [0.1, 0.15) is 5.69 Å². The van der Waals surface area contributed by atoms with Crippen LogP contribution in [-0.2, 0) is 4.79 Å². The van der Waals surface area contributed by atoms with Crippen molar-refractivity contribution >= 4 is 23.4 Å². The van der Waals surface area contributed by atoms with Crippen molar-refractivity contribution in [3.05, 3.63) is 40.0 Å². The first-order chi connectivity index (χ1) is 7.00. The van der Waals surface area contributed by atoms with Crippen molar-refractivity contribution in [3.8, 4) is 0 Å². The SMILES string of the molecule is Nc1ccc(/C=C\C(=O)O)cc1[N+](=O)[O-]. The van der Waals surface area contributed by atoms with E-state index in [-0.39, 0.29) is 11.4 Å². The molecular formula is C9H8N2O4. The predicted octanol–water partition coefficient (Wildman–Crippen LogP) is 1.27. The Balaban J connectivity index is 3.08. The molecule has 0 aliphatic rings. The Morgan fingerprint density at radius 3 is 2.73 bits per heavy atom. The highest BCUT2D eigenvalue weighted by molar-refractivity contribution is 5.85. The van der Waals surface area contributed by atoms with E-state index < -0.39 is 10.9 Å². The Kier molecular flexibility index (Phi) is 3.02. The number of benzene rings is 1. The van der Waals surface area contributed by atoms with Gasteiger partial charge in [0.25, 0.3) is 5.69 Å². The van der Waals surface area contributed by atoms with Gasteiger partial charge in [-0.3, -0.25) is 10.1 Å². The Morgan fingerprint density at radius 2 is 2.20 bits per heavy atom. The third-order valence-electron chi connectivity index (χ3n) is 1.67. The lowest BCUT2D eigenvalue weighted by Gasteiger charge is -1.97. The monoisotopic (exact) mass is 208 g/mol. The van der Waals surface area contributed by atoms with Gasteiger partial charge in [-0.15, -0.1) is 0 Å². The van der Waals surface area contributed by atoms with Crippen LogP contribution in [0.15, 0.2) is 24.3 Å². The lowest BCUT2D eigenvalue weighted by atomic mass is 10.1. The summed E-state index contributed by atoms with van der Waals surface area (Å²) in [4.78, 5) is 20.1. The first kappa shape index (κ1) is 10.7. The lowest BCUT2D eigenvalue weighted by Crippen LogP contribution is -1.95. The molecule has 0 atom stereocenters. The second-order valence-corrected chi connectivity index (χ2v) is 2.75. The van der Waals surface area contributed by atoms with Gasteiger partial charge in [0.2, 0.25) is 0 Å². The van der Waals surface area contributed by atoms with Gasteiger partial charge >= 0.3 is 5.97 Å². The topological polar surface area (TPSA) is 106 Å². The van der Waals surface area contributed by atoms with E-state index in [2.05, 4.69) is 0 Å². The second kappa shape index (κ2) is 4.23. The summed E-state index contributed by atoms with van der Waals surface area (Å²) in [6.07, 6.45) is 2.16. The summed E-state index contributed by atoms with van der Waals surface area (Å²) < 4.78 is 0. The number of carbonyl (C=O) groups is 1. The average Bonchev–Trinajstić information content (AvgIpc) is 2.16. The molecule has 0 amide bonds. The highest BCUT2D eigenvalue weighted by Gasteiger charge is 2.10. The summed E-state index contributed by atoms with van der Waals surface area (Å²) >= 11 is 0. The van der Waals surface area contributed by atoms with Crippen molar-refractivity contribution in [2.45, 2.75) is 0 Å². The van der Waals surface area contributed by atoms with Crippen molar-refractivity contribution < 1.29 is 14.8 Å². The Bertz CT molecular complexity index is 440. The van der Waals surface area contributed by atoms with Gasteiger partial charge in [0.15, 0.2) is 0 Å². The molecule has 0 saturated heterocycles. The molecule has 0 aliphatic heterocycles. The fraction of sp³-hybridized carbons (Fsp3) is 0. The third-order valence-corrected chi connectivity index (χ3v) is 1.67. The van der Waals surface area contributed by atoms with Crippen LogP contribution in [0.25, 0.3) is 6.08 Å². The molecule has 0 fully saturated rings. The summed E-state index contributed by atoms with van der Waals surface area (Å²) in [6.45, 7) is 0. The van der Waals surface area contributed by atoms with Crippen LogP contribution in [0.1, 0.15) is 5.56 Å². The molecule has 1 rings (SSSR count). The maximum atomic E-state index is 10.5. The molecule has 1 aromatic carbocycles. The van der Waals surface area contributed by atoms with E-state index in [1.807, 2.05) is 0 Å². The van der Waals surface area contributed by atoms with Gasteiger partial charge in [0.05, 0.1) is 4.92 Å². The molecular weight excluding hydrogens is 200 g/mol. The smallest absolute Gasteiger partial charge is 0.328 e. The fourth-order valence-electron chi connectivity index (χ4n) is 0.990. The van der Waals surface area contributed by atoms with Crippen LogP contribution in [0.4, 0.5) is 11.4 Å². The minimum absolute atomic E-state index is 0.0486. The Labute approximate surface area is 84.8 Å². The summed E-state index contributed by atoms with van der Waals surface area (Å²) in [5.74, 6) is -1.12. The molecule has 6 nitrogen and oxygen atoms in total. The molecule has 0 saturated carbocycles. The van der Waals surface area contributed by atoms with Gasteiger partial charge in [0, 0.05) is 12.1 Å².